The second kappa shape index (κ2) is 8.77. The molecule has 0 saturated carbocycles. The quantitative estimate of drug-likeness (QED) is 0.601. The van der Waals surface area contributed by atoms with Gasteiger partial charge in [-0.25, -0.2) is 9.29 Å². The molecule has 7 nitrogen and oxygen atoms in total. The van der Waals surface area contributed by atoms with Crippen LogP contribution in [-0.4, -0.2) is 31.3 Å². The number of anilines is 2. The maximum Gasteiger partial charge on any atom is 0.289 e. The van der Waals surface area contributed by atoms with E-state index in [1.54, 1.807) is 35.8 Å². The van der Waals surface area contributed by atoms with E-state index >= 15 is 0 Å². The number of nitrogens with zero attached hydrogens (tertiary/aromatic N) is 3. The molecule has 1 aromatic heterocycles. The number of hydrogen-bond acceptors (Lipinski definition) is 5. The molecule has 1 N–H and O–H groups in total. The monoisotopic (exact) mass is 431 g/mol. The van der Waals surface area contributed by atoms with E-state index in [1.165, 1.54) is 6.20 Å². The molecular weight excluding hydrogens is 412 g/mol. The number of imidazole rings is 1. The summed E-state index contributed by atoms with van der Waals surface area (Å²) in [6.45, 7) is 4.03. The average molecular weight is 432 g/mol. The van der Waals surface area contributed by atoms with Crippen molar-refractivity contribution in [1.29, 1.82) is 0 Å². The van der Waals surface area contributed by atoms with Crippen molar-refractivity contribution in [3.63, 3.8) is 0 Å². The molecule has 0 fully saturated rings. The van der Waals surface area contributed by atoms with Crippen LogP contribution in [0.3, 0.4) is 0 Å². The van der Waals surface area contributed by atoms with Gasteiger partial charge in [0, 0.05) is 24.0 Å². The number of halogens is 1. The van der Waals surface area contributed by atoms with E-state index in [2.05, 4.69) is 10.3 Å². The van der Waals surface area contributed by atoms with E-state index in [0.717, 1.165) is 16.8 Å². The Morgan fingerprint density at radius 3 is 2.52 bits per heavy atom. The Kier molecular flexibility index (Phi) is 6.36. The van der Waals surface area contributed by atoms with E-state index in [-0.39, 0.29) is 11.4 Å². The zero-order valence-corrected chi connectivity index (χ0v) is 17.8. The Hall–Kier alpha value is -2.68. The lowest BCUT2D eigenvalue weighted by Crippen LogP contribution is -2.32. The van der Waals surface area contributed by atoms with E-state index in [9.17, 15) is 13.6 Å². The Balaban J connectivity index is 1.89. The molecule has 0 spiro atoms. The molecule has 2 aromatic carbocycles. The minimum atomic E-state index is -2.78. The SMILES string of the molecule is CNc1ccc(Cn2cc(C(=O)N(c3ccc(C)cc3)S(=O)[O-])nc2C)c(Cl)c1. The van der Waals surface area contributed by atoms with E-state index in [4.69, 9.17) is 11.6 Å². The smallest absolute Gasteiger partial charge is 0.289 e. The third kappa shape index (κ3) is 4.67. The van der Waals surface area contributed by atoms with Crippen LogP contribution in [0.1, 0.15) is 27.4 Å². The Morgan fingerprint density at radius 2 is 1.93 bits per heavy atom. The number of amides is 1. The average Bonchev–Trinajstić information content (AvgIpc) is 3.05. The highest BCUT2D eigenvalue weighted by Crippen LogP contribution is 2.23. The zero-order chi connectivity index (χ0) is 21.1. The van der Waals surface area contributed by atoms with Crippen molar-refractivity contribution < 1.29 is 13.6 Å². The van der Waals surface area contributed by atoms with Crippen molar-refractivity contribution in [1.82, 2.24) is 9.55 Å². The summed E-state index contributed by atoms with van der Waals surface area (Å²) in [7, 11) is 1.81. The Bertz CT molecular complexity index is 1070. The van der Waals surface area contributed by atoms with Gasteiger partial charge in [0.25, 0.3) is 5.91 Å². The molecule has 0 radical (unpaired) electrons. The number of benzene rings is 2. The van der Waals surface area contributed by atoms with Gasteiger partial charge < -0.3 is 14.4 Å². The van der Waals surface area contributed by atoms with Crippen LogP contribution in [-0.2, 0) is 17.8 Å². The number of aryl methyl sites for hydroxylation is 2. The van der Waals surface area contributed by atoms with Gasteiger partial charge in [-0.15, -0.1) is 0 Å². The molecule has 0 saturated heterocycles. The van der Waals surface area contributed by atoms with Crippen molar-refractivity contribution >= 4 is 40.1 Å². The fourth-order valence-electron chi connectivity index (χ4n) is 2.84. The highest BCUT2D eigenvalue weighted by Gasteiger charge is 2.22. The van der Waals surface area contributed by atoms with Gasteiger partial charge in [-0.1, -0.05) is 35.4 Å². The number of rotatable bonds is 6. The molecule has 1 atom stereocenters. The molecule has 1 heterocycles. The molecule has 9 heteroatoms. The van der Waals surface area contributed by atoms with Gasteiger partial charge in [-0.3, -0.25) is 9.00 Å². The third-order valence-electron chi connectivity index (χ3n) is 4.48. The summed E-state index contributed by atoms with van der Waals surface area (Å²) in [6.07, 6.45) is 1.54. The van der Waals surface area contributed by atoms with Crippen molar-refractivity contribution in [2.75, 3.05) is 16.7 Å². The van der Waals surface area contributed by atoms with Crippen molar-refractivity contribution in [3.8, 4) is 0 Å². The first-order chi connectivity index (χ1) is 13.8. The van der Waals surface area contributed by atoms with Crippen LogP contribution in [0.2, 0.25) is 5.02 Å². The molecule has 29 heavy (non-hydrogen) atoms. The topological polar surface area (TPSA) is 90.3 Å². The molecule has 3 rings (SSSR count). The predicted octanol–water partition coefficient (Wildman–Crippen LogP) is 3.68. The summed E-state index contributed by atoms with van der Waals surface area (Å²) < 4.78 is 25.9. The first-order valence-corrected chi connectivity index (χ1v) is 10.2. The Labute approximate surface area is 176 Å². The van der Waals surface area contributed by atoms with Gasteiger partial charge in [0.05, 0.1) is 23.5 Å². The lowest BCUT2D eigenvalue weighted by Gasteiger charge is -2.23. The van der Waals surface area contributed by atoms with Crippen LogP contribution in [0, 0.1) is 13.8 Å². The van der Waals surface area contributed by atoms with Gasteiger partial charge in [0.15, 0.2) is 0 Å². The summed E-state index contributed by atoms with van der Waals surface area (Å²) in [6, 6.07) is 12.2. The summed E-state index contributed by atoms with van der Waals surface area (Å²) >= 11 is 3.56. The first-order valence-electron chi connectivity index (χ1n) is 8.80. The largest absolute Gasteiger partial charge is 0.755 e. The molecule has 1 unspecified atom stereocenters. The first kappa shape index (κ1) is 21.0. The van der Waals surface area contributed by atoms with E-state index in [0.29, 0.717) is 21.7 Å². The van der Waals surface area contributed by atoms with Crippen LogP contribution in [0.4, 0.5) is 11.4 Å². The van der Waals surface area contributed by atoms with Crippen molar-refractivity contribution in [2.24, 2.45) is 0 Å². The highest BCUT2D eigenvalue weighted by molar-refractivity contribution is 7.81. The molecule has 0 aliphatic carbocycles. The predicted molar refractivity (Wildman–Crippen MR) is 114 cm³/mol. The second-order valence-electron chi connectivity index (χ2n) is 6.51. The van der Waals surface area contributed by atoms with Crippen molar-refractivity contribution in [2.45, 2.75) is 20.4 Å². The van der Waals surface area contributed by atoms with Crippen molar-refractivity contribution in [3.05, 3.63) is 76.3 Å². The van der Waals surface area contributed by atoms with Crippen LogP contribution < -0.4 is 9.62 Å². The summed E-state index contributed by atoms with van der Waals surface area (Å²) in [5.41, 5.74) is 3.00. The van der Waals surface area contributed by atoms with Crippen LogP contribution in [0.5, 0.6) is 0 Å². The molecule has 3 aromatic rings. The molecule has 1 amide bonds. The van der Waals surface area contributed by atoms with Gasteiger partial charge in [0.2, 0.25) is 0 Å². The molecule has 152 valence electrons. The highest BCUT2D eigenvalue weighted by atomic mass is 35.5. The number of hydrogen-bond donors (Lipinski definition) is 1. The molecular formula is C20H20ClN4O3S-. The Morgan fingerprint density at radius 1 is 1.24 bits per heavy atom. The maximum atomic E-state index is 12.9. The lowest BCUT2D eigenvalue weighted by molar-refractivity contribution is 0.100. The van der Waals surface area contributed by atoms with E-state index < -0.39 is 17.2 Å². The van der Waals surface area contributed by atoms with Gasteiger partial charge in [-0.05, 0) is 43.7 Å². The minimum absolute atomic E-state index is 0.0373. The van der Waals surface area contributed by atoms with Crippen LogP contribution >= 0.6 is 11.6 Å². The molecule has 0 bridgehead atoms. The van der Waals surface area contributed by atoms with Crippen LogP contribution in [0.25, 0.3) is 0 Å². The van der Waals surface area contributed by atoms with E-state index in [1.807, 2.05) is 32.2 Å². The van der Waals surface area contributed by atoms with Gasteiger partial charge in [-0.2, -0.15) is 0 Å². The van der Waals surface area contributed by atoms with Gasteiger partial charge >= 0.3 is 0 Å². The third-order valence-corrected chi connectivity index (χ3v) is 5.51. The summed E-state index contributed by atoms with van der Waals surface area (Å²) in [5.74, 6) is -0.150. The fraction of sp³-hybridized carbons (Fsp3) is 0.200. The number of aromatic nitrogens is 2. The number of nitrogens with one attached hydrogen (secondary N) is 1. The maximum absolute atomic E-state index is 12.9. The fourth-order valence-corrected chi connectivity index (χ4v) is 3.60. The molecule has 0 aliphatic heterocycles. The second-order valence-corrected chi connectivity index (χ2v) is 7.72. The lowest BCUT2D eigenvalue weighted by atomic mass is 10.2. The summed E-state index contributed by atoms with van der Waals surface area (Å²) in [5, 5.41) is 3.60. The number of carbonyl (C=O) groups excluding carboxylic acids is 1. The molecule has 0 aliphatic rings. The number of carbonyl (C=O) groups is 1. The zero-order valence-electron chi connectivity index (χ0n) is 16.2. The van der Waals surface area contributed by atoms with Gasteiger partial charge in [0.1, 0.15) is 11.5 Å². The normalized spacial score (nSPS) is 11.9. The minimum Gasteiger partial charge on any atom is -0.755 e. The summed E-state index contributed by atoms with van der Waals surface area (Å²) in [4.78, 5) is 17.1. The standard InChI is InChI=1S/C20H21ClN4O3S/c1-13-4-8-17(9-5-13)25(29(27)28)20(26)19-12-24(14(2)23-19)11-15-6-7-16(22-3)10-18(15)21/h4-10,12,22H,11H2,1-3H3,(H,27,28)/p-1. The van der Waals surface area contributed by atoms with Crippen LogP contribution in [0.15, 0.2) is 48.7 Å².